The van der Waals surface area contributed by atoms with E-state index in [-0.39, 0.29) is 16.6 Å². The summed E-state index contributed by atoms with van der Waals surface area (Å²) in [7, 11) is 0. The molecular weight excluding hydrogens is 487 g/mol. The van der Waals surface area contributed by atoms with Gasteiger partial charge in [-0.2, -0.15) is 0 Å². The fraction of sp³-hybridized carbons (Fsp3) is 0.259. The van der Waals surface area contributed by atoms with E-state index in [1.54, 1.807) is 40.1 Å². The number of aryl methyl sites for hydroxylation is 1. The average Bonchev–Trinajstić information content (AvgIpc) is 3.21. The summed E-state index contributed by atoms with van der Waals surface area (Å²) in [4.78, 5) is 30.5. The highest BCUT2D eigenvalue weighted by atomic mass is 35.5. The van der Waals surface area contributed by atoms with Crippen LogP contribution in [0.1, 0.15) is 40.9 Å². The Balaban J connectivity index is 1.66. The van der Waals surface area contributed by atoms with Gasteiger partial charge in [0.15, 0.2) is 4.87 Å². The van der Waals surface area contributed by atoms with Crippen LogP contribution in [-0.4, -0.2) is 28.0 Å². The molecule has 1 fully saturated rings. The predicted molar refractivity (Wildman–Crippen MR) is 140 cm³/mol. The lowest BCUT2D eigenvalue weighted by Crippen LogP contribution is -2.50. The molecule has 2 heterocycles. The van der Waals surface area contributed by atoms with Gasteiger partial charge in [-0.25, -0.2) is 0 Å². The van der Waals surface area contributed by atoms with E-state index in [4.69, 9.17) is 23.2 Å². The van der Waals surface area contributed by atoms with Crippen LogP contribution in [-0.2, 0) is 16.2 Å². The van der Waals surface area contributed by atoms with Gasteiger partial charge in [0.1, 0.15) is 0 Å². The molecule has 7 heteroatoms. The van der Waals surface area contributed by atoms with Crippen molar-refractivity contribution >= 4 is 52.5 Å². The maximum atomic E-state index is 14.3. The van der Waals surface area contributed by atoms with Crippen molar-refractivity contribution in [1.29, 1.82) is 0 Å². The van der Waals surface area contributed by atoms with Gasteiger partial charge in [0.2, 0.25) is 0 Å². The van der Waals surface area contributed by atoms with Crippen molar-refractivity contribution in [3.8, 4) is 0 Å². The van der Waals surface area contributed by atoms with Gasteiger partial charge in [0.05, 0.1) is 12.2 Å². The monoisotopic (exact) mass is 510 g/mol. The largest absolute Gasteiger partial charge is 0.310 e. The quantitative estimate of drug-likeness (QED) is 0.395. The van der Waals surface area contributed by atoms with Crippen LogP contribution in [0.3, 0.4) is 0 Å². The van der Waals surface area contributed by atoms with E-state index in [1.807, 2.05) is 43.3 Å². The topological polar surface area (TPSA) is 40.6 Å². The number of hydrogen-bond acceptors (Lipinski definition) is 3. The van der Waals surface area contributed by atoms with Crippen molar-refractivity contribution < 1.29 is 9.59 Å². The van der Waals surface area contributed by atoms with E-state index >= 15 is 0 Å². The van der Waals surface area contributed by atoms with Crippen molar-refractivity contribution in [2.24, 2.45) is 0 Å². The van der Waals surface area contributed by atoms with Crippen molar-refractivity contribution in [1.82, 2.24) is 4.90 Å². The zero-order valence-corrected chi connectivity index (χ0v) is 21.5. The van der Waals surface area contributed by atoms with Crippen LogP contribution in [0.2, 0.25) is 10.0 Å². The van der Waals surface area contributed by atoms with E-state index in [0.29, 0.717) is 28.7 Å². The number of halogens is 2. The van der Waals surface area contributed by atoms with Crippen LogP contribution in [0.15, 0.2) is 66.7 Å². The molecule has 1 spiro atoms. The molecule has 0 aliphatic carbocycles. The fourth-order valence-electron chi connectivity index (χ4n) is 4.84. The summed E-state index contributed by atoms with van der Waals surface area (Å²) >= 11 is 14.0. The molecule has 0 radical (unpaired) electrons. The van der Waals surface area contributed by atoms with Crippen molar-refractivity contribution in [2.75, 3.05) is 11.4 Å². The van der Waals surface area contributed by atoms with Crippen LogP contribution in [0, 0.1) is 6.92 Å². The smallest absolute Gasteiger partial charge is 0.268 e. The summed E-state index contributed by atoms with van der Waals surface area (Å²) in [5.41, 5.74) is 4.22. The molecule has 3 aromatic carbocycles. The molecule has 34 heavy (non-hydrogen) atoms. The van der Waals surface area contributed by atoms with Crippen molar-refractivity contribution in [3.63, 3.8) is 0 Å². The highest BCUT2D eigenvalue weighted by Crippen LogP contribution is 2.60. The molecule has 0 saturated carbocycles. The van der Waals surface area contributed by atoms with Gasteiger partial charge in [-0.1, -0.05) is 47.5 Å². The number of carbonyl (C=O) groups excluding carboxylic acids is 2. The number of amides is 2. The Kier molecular flexibility index (Phi) is 5.70. The minimum atomic E-state index is -1.19. The summed E-state index contributed by atoms with van der Waals surface area (Å²) in [5.74, 6) is -0.322. The lowest BCUT2D eigenvalue weighted by atomic mass is 10.0. The third kappa shape index (κ3) is 3.71. The van der Waals surface area contributed by atoms with Crippen LogP contribution in [0.25, 0.3) is 0 Å². The SMILES string of the molecule is Cc1ccccc1CN1C(=O)C2(SC(C)(C)CN2C(=O)c2ccc(Cl)cc2)c2cc(Cl)ccc21. The number of rotatable bonds is 3. The molecule has 174 valence electrons. The Morgan fingerprint density at radius 2 is 1.68 bits per heavy atom. The minimum absolute atomic E-state index is 0.120. The maximum absolute atomic E-state index is 14.3. The first kappa shape index (κ1) is 23.3. The van der Waals surface area contributed by atoms with Gasteiger partial charge in [-0.05, 0) is 74.4 Å². The van der Waals surface area contributed by atoms with Gasteiger partial charge in [0.25, 0.3) is 11.8 Å². The Morgan fingerprint density at radius 1 is 1.00 bits per heavy atom. The molecule has 3 aromatic rings. The standard InChI is InChI=1S/C27H24Cl2N2O2S/c1-17-6-4-5-7-19(17)15-30-23-13-12-21(29)14-22(23)27(25(30)33)31(16-26(2,3)34-27)24(32)18-8-10-20(28)11-9-18/h4-14H,15-16H2,1-3H3. The number of fused-ring (bicyclic) bond motifs is 2. The zero-order valence-electron chi connectivity index (χ0n) is 19.1. The highest BCUT2D eigenvalue weighted by Gasteiger charge is 2.63. The lowest BCUT2D eigenvalue weighted by molar-refractivity contribution is -0.123. The molecule has 2 aliphatic rings. The van der Waals surface area contributed by atoms with Crippen molar-refractivity contribution in [2.45, 2.75) is 36.9 Å². The second-order valence-corrected chi connectivity index (χ2v) is 12.2. The van der Waals surface area contributed by atoms with Gasteiger partial charge >= 0.3 is 0 Å². The Labute approximate surface area is 213 Å². The normalized spacial score (nSPS) is 20.8. The highest BCUT2D eigenvalue weighted by molar-refractivity contribution is 8.02. The summed E-state index contributed by atoms with van der Waals surface area (Å²) in [6.45, 7) is 7.02. The first-order valence-electron chi connectivity index (χ1n) is 11.1. The molecule has 0 N–H and O–H groups in total. The Bertz CT molecular complexity index is 1310. The second kappa shape index (κ2) is 8.33. The third-order valence-corrected chi connectivity index (χ3v) is 8.50. The number of anilines is 1. The summed E-state index contributed by atoms with van der Waals surface area (Å²) in [6, 6.07) is 20.4. The van der Waals surface area contributed by atoms with Crippen molar-refractivity contribution in [3.05, 3.63) is 99.0 Å². The molecule has 1 unspecified atom stereocenters. The van der Waals surface area contributed by atoms with Gasteiger partial charge < -0.3 is 9.80 Å². The van der Waals surface area contributed by atoms with Crippen LogP contribution < -0.4 is 4.90 Å². The summed E-state index contributed by atoms with van der Waals surface area (Å²) < 4.78 is -0.337. The molecule has 1 atom stereocenters. The lowest BCUT2D eigenvalue weighted by Gasteiger charge is -2.33. The summed E-state index contributed by atoms with van der Waals surface area (Å²) in [5, 5.41) is 1.09. The number of nitrogens with zero attached hydrogens (tertiary/aromatic N) is 2. The number of hydrogen-bond donors (Lipinski definition) is 0. The zero-order chi connectivity index (χ0) is 24.3. The van der Waals surface area contributed by atoms with Gasteiger partial charge in [-0.3, -0.25) is 9.59 Å². The molecule has 4 nitrogen and oxygen atoms in total. The fourth-order valence-corrected chi connectivity index (χ4v) is 6.86. The Hall–Kier alpha value is -2.47. The van der Waals surface area contributed by atoms with Gasteiger partial charge in [0, 0.05) is 32.5 Å². The van der Waals surface area contributed by atoms with E-state index in [1.165, 1.54) is 11.8 Å². The van der Waals surface area contributed by atoms with E-state index < -0.39 is 4.87 Å². The molecular formula is C27H24Cl2N2O2S. The first-order valence-corrected chi connectivity index (χ1v) is 12.6. The number of benzene rings is 3. The Morgan fingerprint density at radius 3 is 2.38 bits per heavy atom. The molecule has 2 amide bonds. The van der Waals surface area contributed by atoms with E-state index in [0.717, 1.165) is 22.4 Å². The molecule has 1 saturated heterocycles. The van der Waals surface area contributed by atoms with Crippen LogP contribution in [0.5, 0.6) is 0 Å². The van der Waals surface area contributed by atoms with Crippen LogP contribution >= 0.6 is 35.0 Å². The summed E-state index contributed by atoms with van der Waals surface area (Å²) in [6.07, 6.45) is 0. The third-order valence-electron chi connectivity index (χ3n) is 6.42. The second-order valence-electron chi connectivity index (χ2n) is 9.38. The van der Waals surface area contributed by atoms with Crippen LogP contribution in [0.4, 0.5) is 5.69 Å². The van der Waals surface area contributed by atoms with Gasteiger partial charge in [-0.15, -0.1) is 11.8 Å². The molecule has 0 bridgehead atoms. The predicted octanol–water partition coefficient (Wildman–Crippen LogP) is 6.67. The number of thioether (sulfide) groups is 1. The minimum Gasteiger partial charge on any atom is -0.310 e. The maximum Gasteiger partial charge on any atom is 0.268 e. The molecule has 5 rings (SSSR count). The number of carbonyl (C=O) groups is 2. The average molecular weight is 511 g/mol. The first-order chi connectivity index (χ1) is 16.1. The molecule has 0 aromatic heterocycles. The van der Waals surface area contributed by atoms with E-state index in [2.05, 4.69) is 13.8 Å². The van der Waals surface area contributed by atoms with E-state index in [9.17, 15) is 9.59 Å². The molecule has 2 aliphatic heterocycles.